The van der Waals surface area contributed by atoms with Gasteiger partial charge in [0.2, 0.25) is 0 Å². The van der Waals surface area contributed by atoms with Gasteiger partial charge in [-0.1, -0.05) is 6.07 Å². The smallest absolute Gasteiger partial charge is 0.257 e. The van der Waals surface area contributed by atoms with Gasteiger partial charge >= 0.3 is 0 Å². The third kappa shape index (κ3) is 6.92. The molecule has 1 amide bonds. The minimum absolute atomic E-state index is 0.163. The average molecular weight is 310 g/mol. The molecule has 6 nitrogen and oxygen atoms in total. The van der Waals surface area contributed by atoms with Crippen molar-refractivity contribution in [3.63, 3.8) is 0 Å². The molecule has 4 N–H and O–H groups in total. The van der Waals surface area contributed by atoms with Gasteiger partial charge < -0.3 is 15.4 Å². The Labute approximate surface area is 130 Å². The molecule has 0 saturated heterocycles. The van der Waals surface area contributed by atoms with Crippen molar-refractivity contribution >= 4 is 28.9 Å². The highest BCUT2D eigenvalue weighted by Crippen LogP contribution is 2.13. The summed E-state index contributed by atoms with van der Waals surface area (Å²) in [7, 11) is 1.61. The van der Waals surface area contributed by atoms with Crippen LogP contribution >= 0.6 is 12.2 Å². The first-order chi connectivity index (χ1) is 10.0. The van der Waals surface area contributed by atoms with E-state index < -0.39 is 0 Å². The Bertz CT molecular complexity index is 494. The number of nitrogens with one attached hydrogen (secondary N) is 4. The summed E-state index contributed by atoms with van der Waals surface area (Å²) in [5.41, 5.74) is 8.45. The lowest BCUT2D eigenvalue weighted by atomic mass is 10.1. The van der Waals surface area contributed by atoms with Crippen molar-refractivity contribution in [1.82, 2.24) is 16.2 Å². The SMILES string of the molecule is COCCNC(=S)NNC(=O)CNc1ccc(C)c(C)c1. The zero-order chi connectivity index (χ0) is 15.7. The van der Waals surface area contributed by atoms with E-state index in [0.29, 0.717) is 18.3 Å². The molecule has 0 aliphatic carbocycles. The van der Waals surface area contributed by atoms with E-state index >= 15 is 0 Å². The molecule has 21 heavy (non-hydrogen) atoms. The maximum atomic E-state index is 11.7. The summed E-state index contributed by atoms with van der Waals surface area (Å²) in [5, 5.41) is 6.29. The van der Waals surface area contributed by atoms with Crippen LogP contribution in [0, 0.1) is 13.8 Å². The molecule has 0 unspecified atom stereocenters. The van der Waals surface area contributed by atoms with Gasteiger partial charge in [-0.15, -0.1) is 0 Å². The number of anilines is 1. The van der Waals surface area contributed by atoms with Crippen LogP contribution in [0.25, 0.3) is 0 Å². The van der Waals surface area contributed by atoms with Gasteiger partial charge in [0.15, 0.2) is 5.11 Å². The molecule has 1 rings (SSSR count). The van der Waals surface area contributed by atoms with Crippen molar-refractivity contribution in [3.8, 4) is 0 Å². The Balaban J connectivity index is 2.24. The van der Waals surface area contributed by atoms with Gasteiger partial charge in [0.05, 0.1) is 13.2 Å². The first kappa shape index (κ1) is 17.2. The summed E-state index contributed by atoms with van der Waals surface area (Å²) in [6, 6.07) is 5.97. The van der Waals surface area contributed by atoms with Gasteiger partial charge in [-0.2, -0.15) is 0 Å². The Kier molecular flexibility index (Phi) is 7.49. The predicted octanol–water partition coefficient (Wildman–Crippen LogP) is 0.857. The van der Waals surface area contributed by atoms with E-state index in [1.807, 2.05) is 32.0 Å². The second-order valence-electron chi connectivity index (χ2n) is 4.57. The zero-order valence-electron chi connectivity index (χ0n) is 12.6. The molecule has 0 radical (unpaired) electrons. The summed E-state index contributed by atoms with van der Waals surface area (Å²) in [6.45, 7) is 5.37. The van der Waals surface area contributed by atoms with E-state index in [2.05, 4.69) is 21.5 Å². The lowest BCUT2D eigenvalue weighted by molar-refractivity contribution is -0.119. The molecule has 7 heteroatoms. The van der Waals surface area contributed by atoms with Crippen molar-refractivity contribution in [1.29, 1.82) is 0 Å². The summed E-state index contributed by atoms with van der Waals surface area (Å²) >= 11 is 4.98. The fraction of sp³-hybridized carbons (Fsp3) is 0.429. The molecular weight excluding hydrogens is 288 g/mol. The number of hydrogen-bond donors (Lipinski definition) is 4. The van der Waals surface area contributed by atoms with Gasteiger partial charge in [-0.3, -0.25) is 15.6 Å². The Morgan fingerprint density at radius 1 is 1.24 bits per heavy atom. The van der Waals surface area contributed by atoms with Crippen molar-refractivity contribution < 1.29 is 9.53 Å². The molecule has 0 aromatic heterocycles. The highest BCUT2D eigenvalue weighted by atomic mass is 32.1. The number of hydrogen-bond acceptors (Lipinski definition) is 4. The maximum Gasteiger partial charge on any atom is 0.257 e. The van der Waals surface area contributed by atoms with Crippen LogP contribution in [0.2, 0.25) is 0 Å². The summed E-state index contributed by atoms with van der Waals surface area (Å²) < 4.78 is 4.88. The first-order valence-corrected chi connectivity index (χ1v) is 7.06. The van der Waals surface area contributed by atoms with Gasteiger partial charge in [0, 0.05) is 19.3 Å². The number of hydrazine groups is 1. The van der Waals surface area contributed by atoms with Crippen LogP contribution in [0.15, 0.2) is 18.2 Å². The Hall–Kier alpha value is -1.86. The van der Waals surface area contributed by atoms with Crippen LogP contribution in [0.5, 0.6) is 0 Å². The number of amides is 1. The van der Waals surface area contributed by atoms with Gasteiger partial charge in [0.1, 0.15) is 0 Å². The molecule has 1 aromatic carbocycles. The zero-order valence-corrected chi connectivity index (χ0v) is 13.4. The van der Waals surface area contributed by atoms with Crippen LogP contribution in [0.4, 0.5) is 5.69 Å². The molecule has 0 fully saturated rings. The number of rotatable bonds is 6. The average Bonchev–Trinajstić information content (AvgIpc) is 2.46. The standard InChI is InChI=1S/C14H22N4O2S/c1-10-4-5-12(8-11(10)2)16-9-13(19)17-18-14(21)15-6-7-20-3/h4-5,8,16H,6-7,9H2,1-3H3,(H,17,19)(H2,15,18,21). The predicted molar refractivity (Wildman–Crippen MR) is 88.2 cm³/mol. The number of benzene rings is 1. The summed E-state index contributed by atoms with van der Waals surface area (Å²) in [6.07, 6.45) is 0. The second kappa shape index (κ2) is 9.15. The summed E-state index contributed by atoms with van der Waals surface area (Å²) in [5.74, 6) is -0.205. The number of aryl methyl sites for hydroxylation is 2. The lowest BCUT2D eigenvalue weighted by Crippen LogP contribution is -2.48. The molecule has 0 aliphatic rings. The lowest BCUT2D eigenvalue weighted by Gasteiger charge is -2.12. The molecule has 0 atom stereocenters. The third-order valence-corrected chi connectivity index (χ3v) is 3.11. The van der Waals surface area contributed by atoms with Crippen LogP contribution in [0.1, 0.15) is 11.1 Å². The molecule has 0 bridgehead atoms. The Morgan fingerprint density at radius 3 is 2.67 bits per heavy atom. The maximum absolute atomic E-state index is 11.7. The topological polar surface area (TPSA) is 74.4 Å². The highest BCUT2D eigenvalue weighted by Gasteiger charge is 2.02. The normalized spacial score (nSPS) is 9.86. The molecule has 0 aliphatic heterocycles. The van der Waals surface area contributed by atoms with E-state index in [1.165, 1.54) is 11.1 Å². The van der Waals surface area contributed by atoms with E-state index in [0.717, 1.165) is 5.69 Å². The van der Waals surface area contributed by atoms with Gasteiger partial charge in [-0.05, 0) is 49.3 Å². The van der Waals surface area contributed by atoms with Crippen LogP contribution in [0.3, 0.4) is 0 Å². The van der Waals surface area contributed by atoms with Crippen LogP contribution in [-0.2, 0) is 9.53 Å². The molecular formula is C14H22N4O2S. The van der Waals surface area contributed by atoms with E-state index in [1.54, 1.807) is 7.11 Å². The van der Waals surface area contributed by atoms with Crippen LogP contribution < -0.4 is 21.5 Å². The van der Waals surface area contributed by atoms with Crippen molar-refractivity contribution in [2.24, 2.45) is 0 Å². The third-order valence-electron chi connectivity index (χ3n) is 2.87. The Morgan fingerprint density at radius 2 is 2.00 bits per heavy atom. The van der Waals surface area contributed by atoms with Gasteiger partial charge in [0.25, 0.3) is 5.91 Å². The quantitative estimate of drug-likeness (QED) is 0.355. The molecule has 116 valence electrons. The molecule has 1 aromatic rings. The van der Waals surface area contributed by atoms with Gasteiger partial charge in [-0.25, -0.2) is 0 Å². The van der Waals surface area contributed by atoms with Crippen molar-refractivity contribution in [3.05, 3.63) is 29.3 Å². The monoisotopic (exact) mass is 310 g/mol. The van der Waals surface area contributed by atoms with Crippen molar-refractivity contribution in [2.45, 2.75) is 13.8 Å². The van der Waals surface area contributed by atoms with E-state index in [4.69, 9.17) is 17.0 Å². The second-order valence-corrected chi connectivity index (χ2v) is 4.98. The number of methoxy groups -OCH3 is 1. The van der Waals surface area contributed by atoms with Crippen molar-refractivity contribution in [2.75, 3.05) is 32.1 Å². The van der Waals surface area contributed by atoms with E-state index in [9.17, 15) is 4.79 Å². The largest absolute Gasteiger partial charge is 0.383 e. The molecule has 0 saturated carbocycles. The minimum Gasteiger partial charge on any atom is -0.383 e. The fourth-order valence-electron chi connectivity index (χ4n) is 1.52. The molecule has 0 spiro atoms. The number of ether oxygens (including phenoxy) is 1. The minimum atomic E-state index is -0.205. The number of carbonyl (C=O) groups excluding carboxylic acids is 1. The number of carbonyl (C=O) groups is 1. The molecule has 0 heterocycles. The van der Waals surface area contributed by atoms with Crippen LogP contribution in [-0.4, -0.2) is 37.8 Å². The summed E-state index contributed by atoms with van der Waals surface area (Å²) in [4.78, 5) is 11.7. The fourth-order valence-corrected chi connectivity index (χ4v) is 1.67. The highest BCUT2D eigenvalue weighted by molar-refractivity contribution is 7.80. The van der Waals surface area contributed by atoms with E-state index in [-0.39, 0.29) is 12.5 Å². The first-order valence-electron chi connectivity index (χ1n) is 6.65. The number of thiocarbonyl (C=S) groups is 1.